The Labute approximate surface area is 102 Å². The highest BCUT2D eigenvalue weighted by atomic mass is 16.4. The van der Waals surface area contributed by atoms with Crippen molar-refractivity contribution in [3.63, 3.8) is 0 Å². The van der Waals surface area contributed by atoms with Crippen molar-refractivity contribution in [3.8, 4) is 0 Å². The summed E-state index contributed by atoms with van der Waals surface area (Å²) in [4.78, 5) is 11.0. The molecular formula is C15H18O2. The number of hydrogen-bond donors (Lipinski definition) is 1. The molecule has 2 atom stereocenters. The van der Waals surface area contributed by atoms with E-state index in [9.17, 15) is 4.79 Å². The normalized spacial score (nSPS) is 30.7. The molecule has 3 rings (SSSR count). The minimum Gasteiger partial charge on any atom is -0.481 e. The first kappa shape index (κ1) is 10.8. The summed E-state index contributed by atoms with van der Waals surface area (Å²) in [6.45, 7) is 0. The van der Waals surface area contributed by atoms with Gasteiger partial charge in [0.15, 0.2) is 0 Å². The highest BCUT2D eigenvalue weighted by molar-refractivity contribution is 5.67. The summed E-state index contributed by atoms with van der Waals surface area (Å²) in [5.74, 6) is 0.970. The minimum absolute atomic E-state index is 0.364. The first-order valence-corrected chi connectivity index (χ1v) is 6.52. The van der Waals surface area contributed by atoms with Crippen LogP contribution >= 0.6 is 0 Å². The zero-order chi connectivity index (χ0) is 11.8. The fourth-order valence-electron chi connectivity index (χ4n) is 3.80. The average Bonchev–Trinajstić information content (AvgIpc) is 2.55. The molecule has 0 spiro atoms. The smallest absolute Gasteiger partial charge is 0.303 e. The molecule has 1 N–H and O–H groups in total. The lowest BCUT2D eigenvalue weighted by Gasteiger charge is -2.19. The SMILES string of the molecule is O=C(O)CC1C2CCC1Cc1ccccc1C2. The van der Waals surface area contributed by atoms with E-state index >= 15 is 0 Å². The monoisotopic (exact) mass is 230 g/mol. The van der Waals surface area contributed by atoms with E-state index in [2.05, 4.69) is 24.3 Å². The Morgan fingerprint density at radius 3 is 2.12 bits per heavy atom. The lowest BCUT2D eigenvalue weighted by atomic mass is 9.85. The summed E-state index contributed by atoms with van der Waals surface area (Å²) in [6.07, 6.45) is 4.98. The van der Waals surface area contributed by atoms with Crippen molar-refractivity contribution in [2.24, 2.45) is 17.8 Å². The van der Waals surface area contributed by atoms with Gasteiger partial charge in [-0.3, -0.25) is 4.79 Å². The first-order chi connectivity index (χ1) is 8.24. The maximum Gasteiger partial charge on any atom is 0.303 e. The molecule has 1 aromatic rings. The molecule has 0 aromatic heterocycles. The van der Waals surface area contributed by atoms with E-state index in [-0.39, 0.29) is 0 Å². The Morgan fingerprint density at radius 1 is 1.12 bits per heavy atom. The minimum atomic E-state index is -0.627. The number of rotatable bonds is 2. The Balaban J connectivity index is 1.89. The topological polar surface area (TPSA) is 37.3 Å². The first-order valence-electron chi connectivity index (χ1n) is 6.52. The van der Waals surface area contributed by atoms with E-state index in [1.807, 2.05) is 0 Å². The summed E-state index contributed by atoms with van der Waals surface area (Å²) in [6, 6.07) is 8.63. The summed E-state index contributed by atoms with van der Waals surface area (Å²) in [7, 11) is 0. The van der Waals surface area contributed by atoms with Gasteiger partial charge in [-0.25, -0.2) is 0 Å². The van der Waals surface area contributed by atoms with Crippen LogP contribution < -0.4 is 0 Å². The lowest BCUT2D eigenvalue weighted by molar-refractivity contribution is -0.138. The highest BCUT2D eigenvalue weighted by Gasteiger charge is 2.39. The molecule has 2 unspecified atom stereocenters. The maximum absolute atomic E-state index is 11.0. The molecule has 2 aliphatic carbocycles. The second-order valence-electron chi connectivity index (χ2n) is 5.54. The van der Waals surface area contributed by atoms with Crippen LogP contribution in [0.4, 0.5) is 0 Å². The van der Waals surface area contributed by atoms with E-state index in [0.717, 1.165) is 12.8 Å². The number of carbonyl (C=O) groups is 1. The van der Waals surface area contributed by atoms with Crippen molar-refractivity contribution in [3.05, 3.63) is 35.4 Å². The summed E-state index contributed by atoms with van der Waals surface area (Å²) < 4.78 is 0. The standard InChI is InChI=1S/C15H18O2/c16-15(17)9-14-12-5-6-13(14)8-11-4-2-1-3-10(11)7-12/h1-4,12-14H,5-9H2,(H,16,17). The van der Waals surface area contributed by atoms with Crippen molar-refractivity contribution in [2.75, 3.05) is 0 Å². The molecule has 1 fully saturated rings. The largest absolute Gasteiger partial charge is 0.481 e. The van der Waals surface area contributed by atoms with Crippen LogP contribution in [0.2, 0.25) is 0 Å². The number of hydrogen-bond acceptors (Lipinski definition) is 1. The van der Waals surface area contributed by atoms with Crippen molar-refractivity contribution in [1.29, 1.82) is 0 Å². The molecule has 1 aromatic carbocycles. The van der Waals surface area contributed by atoms with Crippen LogP contribution in [0.25, 0.3) is 0 Å². The summed E-state index contributed by atoms with van der Waals surface area (Å²) >= 11 is 0. The molecule has 0 radical (unpaired) electrons. The van der Waals surface area contributed by atoms with Crippen LogP contribution in [-0.4, -0.2) is 11.1 Å². The zero-order valence-corrected chi connectivity index (χ0v) is 9.93. The van der Waals surface area contributed by atoms with E-state index in [4.69, 9.17) is 5.11 Å². The van der Waals surface area contributed by atoms with Gasteiger partial charge in [0.1, 0.15) is 0 Å². The highest BCUT2D eigenvalue weighted by Crippen LogP contribution is 2.45. The van der Waals surface area contributed by atoms with Crippen molar-refractivity contribution in [2.45, 2.75) is 32.1 Å². The molecule has 0 amide bonds. The molecule has 90 valence electrons. The zero-order valence-electron chi connectivity index (χ0n) is 9.93. The van der Waals surface area contributed by atoms with Gasteiger partial charge in [-0.1, -0.05) is 24.3 Å². The van der Waals surface area contributed by atoms with Gasteiger partial charge in [0.05, 0.1) is 0 Å². The molecule has 0 aliphatic heterocycles. The molecule has 2 aliphatic rings. The van der Waals surface area contributed by atoms with E-state index in [0.29, 0.717) is 24.2 Å². The quantitative estimate of drug-likeness (QED) is 0.848. The van der Waals surface area contributed by atoms with Gasteiger partial charge >= 0.3 is 5.97 Å². The van der Waals surface area contributed by atoms with Gasteiger partial charge < -0.3 is 5.11 Å². The Kier molecular flexibility index (Phi) is 2.65. The molecule has 2 heteroatoms. The van der Waals surface area contributed by atoms with Crippen LogP contribution in [0.1, 0.15) is 30.4 Å². The second kappa shape index (κ2) is 4.17. The van der Waals surface area contributed by atoms with Crippen LogP contribution in [-0.2, 0) is 17.6 Å². The summed E-state index contributed by atoms with van der Waals surface area (Å²) in [5.41, 5.74) is 2.91. The third-order valence-electron chi connectivity index (χ3n) is 4.61. The Morgan fingerprint density at radius 2 is 1.65 bits per heavy atom. The second-order valence-corrected chi connectivity index (χ2v) is 5.54. The van der Waals surface area contributed by atoms with Gasteiger partial charge in [0.25, 0.3) is 0 Å². The van der Waals surface area contributed by atoms with Crippen molar-refractivity contribution in [1.82, 2.24) is 0 Å². The van der Waals surface area contributed by atoms with Gasteiger partial charge in [0, 0.05) is 6.42 Å². The average molecular weight is 230 g/mol. The number of carboxylic acid groups (broad SMARTS) is 1. The number of benzene rings is 1. The number of aliphatic carboxylic acids is 1. The number of carboxylic acids is 1. The Bertz CT molecular complexity index is 405. The molecule has 0 saturated heterocycles. The third kappa shape index (κ3) is 1.97. The lowest BCUT2D eigenvalue weighted by Crippen LogP contribution is -2.19. The van der Waals surface area contributed by atoms with Crippen LogP contribution in [0.3, 0.4) is 0 Å². The molecule has 0 heterocycles. The fourth-order valence-corrected chi connectivity index (χ4v) is 3.80. The van der Waals surface area contributed by atoms with Crippen LogP contribution in [0.5, 0.6) is 0 Å². The van der Waals surface area contributed by atoms with Crippen molar-refractivity contribution >= 4 is 5.97 Å². The van der Waals surface area contributed by atoms with Crippen LogP contribution in [0.15, 0.2) is 24.3 Å². The number of fused-ring (bicyclic) bond motifs is 3. The van der Waals surface area contributed by atoms with Crippen molar-refractivity contribution < 1.29 is 9.90 Å². The van der Waals surface area contributed by atoms with E-state index in [1.54, 1.807) is 0 Å². The molecular weight excluding hydrogens is 212 g/mol. The fraction of sp³-hybridized carbons (Fsp3) is 0.533. The predicted molar refractivity (Wildman–Crippen MR) is 65.8 cm³/mol. The maximum atomic E-state index is 11.0. The van der Waals surface area contributed by atoms with Gasteiger partial charge in [-0.15, -0.1) is 0 Å². The van der Waals surface area contributed by atoms with Gasteiger partial charge in [-0.2, -0.15) is 0 Å². The predicted octanol–water partition coefficient (Wildman–Crippen LogP) is 2.90. The molecule has 2 nitrogen and oxygen atoms in total. The third-order valence-corrected chi connectivity index (χ3v) is 4.61. The van der Waals surface area contributed by atoms with Gasteiger partial charge in [-0.05, 0) is 54.6 Å². The van der Waals surface area contributed by atoms with E-state index in [1.165, 1.54) is 24.0 Å². The summed E-state index contributed by atoms with van der Waals surface area (Å²) in [5, 5.41) is 9.04. The molecule has 2 bridgehead atoms. The Hall–Kier alpha value is -1.31. The molecule has 17 heavy (non-hydrogen) atoms. The van der Waals surface area contributed by atoms with E-state index < -0.39 is 5.97 Å². The van der Waals surface area contributed by atoms with Crippen LogP contribution in [0, 0.1) is 17.8 Å². The van der Waals surface area contributed by atoms with Gasteiger partial charge in [0.2, 0.25) is 0 Å². The molecule has 1 saturated carbocycles.